The molecular weight excluding hydrogens is 351 g/mol. The van der Waals surface area contributed by atoms with Crippen LogP contribution < -0.4 is 10.1 Å². The van der Waals surface area contributed by atoms with Gasteiger partial charge in [-0.3, -0.25) is 9.69 Å². The molecule has 1 heterocycles. The van der Waals surface area contributed by atoms with Crippen molar-refractivity contribution < 1.29 is 14.3 Å². The molecule has 0 unspecified atom stereocenters. The summed E-state index contributed by atoms with van der Waals surface area (Å²) in [6, 6.07) is 4.60. The highest BCUT2D eigenvalue weighted by atomic mass is 35.5. The van der Waals surface area contributed by atoms with E-state index in [1.165, 1.54) is 4.90 Å². The minimum Gasteiger partial charge on any atom is -0.490 e. The van der Waals surface area contributed by atoms with Crippen molar-refractivity contribution in [3.05, 3.63) is 28.2 Å². The number of hydrogen-bond donors (Lipinski definition) is 1. The molecule has 0 bridgehead atoms. The number of urea groups is 1. The molecule has 130 valence electrons. The number of carbonyl (C=O) groups excluding carboxylic acids is 2. The minimum absolute atomic E-state index is 0.134. The lowest BCUT2D eigenvalue weighted by atomic mass is 9.73. The maximum Gasteiger partial charge on any atom is 0.325 e. The summed E-state index contributed by atoms with van der Waals surface area (Å²) in [5.41, 5.74) is -0.729. The van der Waals surface area contributed by atoms with E-state index in [4.69, 9.17) is 27.9 Å². The number of ether oxygens (including phenoxy) is 1. The molecule has 5 nitrogen and oxygen atoms in total. The molecule has 1 spiro atoms. The molecule has 3 rings (SSSR count). The van der Waals surface area contributed by atoms with Crippen LogP contribution in [0.2, 0.25) is 10.0 Å². The summed E-state index contributed by atoms with van der Waals surface area (Å²) < 4.78 is 5.59. The van der Waals surface area contributed by atoms with Gasteiger partial charge in [0.05, 0.1) is 11.6 Å². The molecule has 1 aliphatic heterocycles. The van der Waals surface area contributed by atoms with Crippen LogP contribution in [0.15, 0.2) is 18.2 Å². The van der Waals surface area contributed by atoms with Gasteiger partial charge in [0.2, 0.25) is 0 Å². The molecule has 3 amide bonds. The van der Waals surface area contributed by atoms with Gasteiger partial charge in [0.25, 0.3) is 5.91 Å². The lowest BCUT2D eigenvalue weighted by Crippen LogP contribution is -2.54. The van der Waals surface area contributed by atoms with E-state index in [9.17, 15) is 9.59 Å². The summed E-state index contributed by atoms with van der Waals surface area (Å²) in [4.78, 5) is 26.3. The Bertz CT molecular complexity index is 667. The average molecular weight is 371 g/mol. The molecular formula is C17H20Cl2N2O3. The highest BCUT2D eigenvalue weighted by molar-refractivity contribution is 6.35. The smallest absolute Gasteiger partial charge is 0.325 e. The Hall–Kier alpha value is -1.46. The van der Waals surface area contributed by atoms with Gasteiger partial charge in [0.1, 0.15) is 17.9 Å². The lowest BCUT2D eigenvalue weighted by Gasteiger charge is -2.36. The zero-order chi connectivity index (χ0) is 17.3. The molecule has 2 fully saturated rings. The fourth-order valence-electron chi connectivity index (χ4n) is 3.54. The molecule has 24 heavy (non-hydrogen) atoms. The maximum atomic E-state index is 12.8. The fraction of sp³-hybridized carbons (Fsp3) is 0.529. The van der Waals surface area contributed by atoms with Crippen molar-refractivity contribution in [3.8, 4) is 5.75 Å². The molecule has 2 atom stereocenters. The van der Waals surface area contributed by atoms with E-state index in [0.29, 0.717) is 22.2 Å². The molecule has 1 saturated heterocycles. The molecule has 1 N–H and O–H groups in total. The SMILES string of the molecule is C[C@@H]1CCCC[C@@]12NC(=O)N(CCOc1ccc(Cl)cc1Cl)C2=O. The molecule has 0 radical (unpaired) electrons. The first-order valence-electron chi connectivity index (χ1n) is 8.16. The standard InChI is InChI=1S/C17H20Cl2N2O3/c1-11-4-2-3-7-17(11)15(22)21(16(23)20-17)8-9-24-14-6-5-12(18)10-13(14)19/h5-6,10-11H,2-4,7-9H2,1H3,(H,20,23)/t11-,17-/m1/s1. The van der Waals surface area contributed by atoms with E-state index >= 15 is 0 Å². The molecule has 7 heteroatoms. The minimum atomic E-state index is -0.729. The number of halogens is 2. The van der Waals surface area contributed by atoms with Crippen LogP contribution in [0.3, 0.4) is 0 Å². The van der Waals surface area contributed by atoms with Gasteiger partial charge in [-0.05, 0) is 37.0 Å². The second-order valence-electron chi connectivity index (χ2n) is 6.43. The average Bonchev–Trinajstić information content (AvgIpc) is 2.77. The van der Waals surface area contributed by atoms with Crippen molar-refractivity contribution >= 4 is 35.1 Å². The van der Waals surface area contributed by atoms with Crippen LogP contribution in [0.1, 0.15) is 32.6 Å². The van der Waals surface area contributed by atoms with Crippen molar-refractivity contribution in [2.24, 2.45) is 5.92 Å². The quantitative estimate of drug-likeness (QED) is 0.818. The zero-order valence-corrected chi connectivity index (χ0v) is 15.0. The number of hydrogen-bond acceptors (Lipinski definition) is 3. The third-order valence-electron chi connectivity index (χ3n) is 4.97. The van der Waals surface area contributed by atoms with Gasteiger partial charge in [-0.2, -0.15) is 0 Å². The number of nitrogens with zero attached hydrogens (tertiary/aromatic N) is 1. The van der Waals surface area contributed by atoms with Crippen LogP contribution in [-0.4, -0.2) is 35.5 Å². The van der Waals surface area contributed by atoms with Crippen LogP contribution in [0.5, 0.6) is 5.75 Å². The van der Waals surface area contributed by atoms with E-state index < -0.39 is 5.54 Å². The summed E-state index contributed by atoms with van der Waals surface area (Å²) in [5.74, 6) is 0.499. The van der Waals surface area contributed by atoms with Gasteiger partial charge in [-0.15, -0.1) is 0 Å². The number of benzene rings is 1. The Kier molecular flexibility index (Phi) is 4.92. The van der Waals surface area contributed by atoms with Crippen LogP contribution in [-0.2, 0) is 4.79 Å². The van der Waals surface area contributed by atoms with Crippen LogP contribution in [0.25, 0.3) is 0 Å². The van der Waals surface area contributed by atoms with Crippen LogP contribution >= 0.6 is 23.2 Å². The number of rotatable bonds is 4. The Morgan fingerprint density at radius 1 is 1.33 bits per heavy atom. The first-order valence-corrected chi connectivity index (χ1v) is 8.91. The highest BCUT2D eigenvalue weighted by Crippen LogP contribution is 2.38. The predicted molar refractivity (Wildman–Crippen MR) is 92.6 cm³/mol. The Morgan fingerprint density at radius 3 is 2.83 bits per heavy atom. The first-order chi connectivity index (χ1) is 11.4. The zero-order valence-electron chi connectivity index (χ0n) is 13.5. The van der Waals surface area contributed by atoms with E-state index in [0.717, 1.165) is 19.3 Å². The van der Waals surface area contributed by atoms with Gasteiger partial charge in [0, 0.05) is 5.02 Å². The van der Waals surface area contributed by atoms with E-state index in [2.05, 4.69) is 5.32 Å². The number of nitrogens with one attached hydrogen (secondary N) is 1. The molecule has 1 aromatic rings. The van der Waals surface area contributed by atoms with E-state index in [1.807, 2.05) is 6.92 Å². The van der Waals surface area contributed by atoms with Crippen molar-refractivity contribution in [3.63, 3.8) is 0 Å². The number of imide groups is 1. The molecule has 1 aliphatic carbocycles. The summed E-state index contributed by atoms with van der Waals surface area (Å²) in [6.07, 6.45) is 3.72. The Morgan fingerprint density at radius 2 is 2.12 bits per heavy atom. The second kappa shape index (κ2) is 6.81. The summed E-state index contributed by atoms with van der Waals surface area (Å²) >= 11 is 11.9. The maximum absolute atomic E-state index is 12.8. The third-order valence-corrected chi connectivity index (χ3v) is 5.50. The van der Waals surface area contributed by atoms with Crippen LogP contribution in [0.4, 0.5) is 4.79 Å². The van der Waals surface area contributed by atoms with Gasteiger partial charge >= 0.3 is 6.03 Å². The second-order valence-corrected chi connectivity index (χ2v) is 7.27. The largest absolute Gasteiger partial charge is 0.490 e. The lowest BCUT2D eigenvalue weighted by molar-refractivity contribution is -0.134. The van der Waals surface area contributed by atoms with E-state index in [-0.39, 0.29) is 31.0 Å². The Balaban J connectivity index is 1.63. The van der Waals surface area contributed by atoms with Crippen LogP contribution in [0, 0.1) is 5.92 Å². The number of carbonyl (C=O) groups is 2. The molecule has 2 aliphatic rings. The number of amides is 3. The van der Waals surface area contributed by atoms with Crippen molar-refractivity contribution in [2.45, 2.75) is 38.1 Å². The van der Waals surface area contributed by atoms with Crippen molar-refractivity contribution in [1.29, 1.82) is 0 Å². The van der Waals surface area contributed by atoms with Crippen molar-refractivity contribution in [1.82, 2.24) is 10.2 Å². The summed E-state index contributed by atoms with van der Waals surface area (Å²) in [7, 11) is 0. The summed E-state index contributed by atoms with van der Waals surface area (Å²) in [6.45, 7) is 2.41. The molecule has 0 aromatic heterocycles. The third kappa shape index (κ3) is 3.07. The monoisotopic (exact) mass is 370 g/mol. The van der Waals surface area contributed by atoms with Gasteiger partial charge < -0.3 is 10.1 Å². The fourth-order valence-corrected chi connectivity index (χ4v) is 4.00. The normalized spacial score (nSPS) is 26.8. The van der Waals surface area contributed by atoms with E-state index in [1.54, 1.807) is 18.2 Å². The Labute approximate surface area is 151 Å². The summed E-state index contributed by atoms with van der Waals surface area (Å²) in [5, 5.41) is 3.85. The first kappa shape index (κ1) is 17.4. The topological polar surface area (TPSA) is 58.6 Å². The van der Waals surface area contributed by atoms with Crippen molar-refractivity contribution in [2.75, 3.05) is 13.2 Å². The molecule has 1 saturated carbocycles. The molecule has 1 aromatic carbocycles. The predicted octanol–water partition coefficient (Wildman–Crippen LogP) is 3.87. The van der Waals surface area contributed by atoms with Gasteiger partial charge in [-0.1, -0.05) is 43.0 Å². The highest BCUT2D eigenvalue weighted by Gasteiger charge is 2.54. The van der Waals surface area contributed by atoms with Gasteiger partial charge in [0.15, 0.2) is 0 Å². The van der Waals surface area contributed by atoms with Gasteiger partial charge in [-0.25, -0.2) is 4.79 Å².